The van der Waals surface area contributed by atoms with Crippen molar-refractivity contribution < 1.29 is 24.3 Å². The Morgan fingerprint density at radius 2 is 1.23 bits per heavy atom. The Kier molecular flexibility index (Phi) is 8.52. The predicted octanol–water partition coefficient (Wildman–Crippen LogP) is 4.15. The molecule has 0 aliphatic rings. The molecule has 0 bridgehead atoms. The first-order valence-electron chi connectivity index (χ1n) is 8.83. The van der Waals surface area contributed by atoms with Gasteiger partial charge >= 0.3 is 11.9 Å². The minimum absolute atomic E-state index is 0.0186. The third-order valence-electron chi connectivity index (χ3n) is 4.73. The van der Waals surface area contributed by atoms with Crippen molar-refractivity contribution in [1.29, 1.82) is 0 Å². The molecule has 140 valence electrons. The van der Waals surface area contributed by atoms with Crippen LogP contribution in [0.4, 0.5) is 0 Å². The van der Waals surface area contributed by atoms with Crippen LogP contribution >= 0.6 is 0 Å². The number of rotatable bonds is 7. The SMILES string of the molecule is CC[N+](CC)(CC)Cc1ccccc1.O=C(O)c1cccc(C(=O)O)c1. The molecule has 0 heterocycles. The van der Waals surface area contributed by atoms with Crippen molar-refractivity contribution in [3.8, 4) is 0 Å². The van der Waals surface area contributed by atoms with Crippen LogP contribution < -0.4 is 0 Å². The average molecular weight is 358 g/mol. The van der Waals surface area contributed by atoms with Gasteiger partial charge in [0.05, 0.1) is 30.8 Å². The van der Waals surface area contributed by atoms with Gasteiger partial charge in [0.2, 0.25) is 0 Å². The normalized spacial score (nSPS) is 10.6. The Hall–Kier alpha value is -2.66. The smallest absolute Gasteiger partial charge is 0.335 e. The lowest BCUT2D eigenvalue weighted by molar-refractivity contribution is -0.936. The molecule has 2 aromatic rings. The molecule has 2 aromatic carbocycles. The van der Waals surface area contributed by atoms with Crippen molar-refractivity contribution in [3.63, 3.8) is 0 Å². The second-order valence-electron chi connectivity index (χ2n) is 6.13. The molecule has 2 N–H and O–H groups in total. The van der Waals surface area contributed by atoms with Gasteiger partial charge in [0, 0.05) is 5.56 Å². The van der Waals surface area contributed by atoms with E-state index in [1.54, 1.807) is 0 Å². The monoisotopic (exact) mass is 358 g/mol. The number of carboxylic acids is 2. The Morgan fingerprint density at radius 1 is 0.769 bits per heavy atom. The van der Waals surface area contributed by atoms with Crippen molar-refractivity contribution in [1.82, 2.24) is 0 Å². The zero-order valence-electron chi connectivity index (χ0n) is 15.7. The minimum atomic E-state index is -1.13. The number of hydrogen-bond donors (Lipinski definition) is 2. The summed E-state index contributed by atoms with van der Waals surface area (Å²) >= 11 is 0. The van der Waals surface area contributed by atoms with Crippen LogP contribution in [-0.2, 0) is 6.54 Å². The second-order valence-corrected chi connectivity index (χ2v) is 6.13. The van der Waals surface area contributed by atoms with E-state index in [1.165, 1.54) is 54.4 Å². The molecule has 0 radical (unpaired) electrons. The second kappa shape index (κ2) is 10.4. The minimum Gasteiger partial charge on any atom is -0.478 e. The third-order valence-corrected chi connectivity index (χ3v) is 4.73. The maximum absolute atomic E-state index is 10.4. The number of nitrogens with zero attached hydrogens (tertiary/aromatic N) is 1. The van der Waals surface area contributed by atoms with Crippen LogP contribution in [-0.4, -0.2) is 46.3 Å². The molecule has 0 aliphatic heterocycles. The van der Waals surface area contributed by atoms with Gasteiger partial charge in [-0.2, -0.15) is 0 Å². The number of quaternary nitrogens is 1. The lowest BCUT2D eigenvalue weighted by Crippen LogP contribution is -2.46. The quantitative estimate of drug-likeness (QED) is 0.729. The molecule has 0 fully saturated rings. The van der Waals surface area contributed by atoms with E-state index < -0.39 is 11.9 Å². The van der Waals surface area contributed by atoms with E-state index in [0.717, 1.165) is 6.07 Å². The fourth-order valence-corrected chi connectivity index (χ4v) is 2.76. The summed E-state index contributed by atoms with van der Waals surface area (Å²) < 4.78 is 1.20. The van der Waals surface area contributed by atoms with Crippen LogP contribution in [0.2, 0.25) is 0 Å². The largest absolute Gasteiger partial charge is 0.478 e. The van der Waals surface area contributed by atoms with E-state index in [2.05, 4.69) is 51.1 Å². The first-order valence-corrected chi connectivity index (χ1v) is 8.83. The molecule has 0 amide bonds. The van der Waals surface area contributed by atoms with E-state index in [1.807, 2.05) is 0 Å². The van der Waals surface area contributed by atoms with Crippen molar-refractivity contribution >= 4 is 11.9 Å². The number of carbonyl (C=O) groups is 2. The van der Waals surface area contributed by atoms with Crippen LogP contribution in [0, 0.1) is 0 Å². The molecule has 0 aliphatic carbocycles. The van der Waals surface area contributed by atoms with Gasteiger partial charge in [0.1, 0.15) is 6.54 Å². The van der Waals surface area contributed by atoms with Gasteiger partial charge in [0.25, 0.3) is 0 Å². The summed E-state index contributed by atoms with van der Waals surface area (Å²) in [6.07, 6.45) is 0. The summed E-state index contributed by atoms with van der Waals surface area (Å²) in [4.78, 5) is 20.8. The average Bonchev–Trinajstić information content (AvgIpc) is 2.67. The molecule has 5 heteroatoms. The Balaban J connectivity index is 0.000000263. The summed E-state index contributed by atoms with van der Waals surface area (Å²) in [6, 6.07) is 16.0. The molecule has 5 nitrogen and oxygen atoms in total. The highest BCUT2D eigenvalue weighted by atomic mass is 16.4. The summed E-state index contributed by atoms with van der Waals surface area (Å²) in [5.41, 5.74) is 1.42. The molecule has 0 spiro atoms. The highest BCUT2D eigenvalue weighted by molar-refractivity contribution is 5.93. The highest BCUT2D eigenvalue weighted by Crippen LogP contribution is 2.13. The van der Waals surface area contributed by atoms with Crippen LogP contribution in [0.1, 0.15) is 47.1 Å². The predicted molar refractivity (Wildman–Crippen MR) is 102 cm³/mol. The molecular weight excluding hydrogens is 330 g/mol. The standard InChI is InChI=1S/C13H22N.C8H6O4/c1-4-14(5-2,6-3)12-13-10-8-7-9-11-13;9-7(10)5-2-1-3-6(4-5)8(11)12/h7-11H,4-6,12H2,1-3H3;1-4H,(H,9,10)(H,11,12)/q+1;. The third kappa shape index (κ3) is 6.33. The van der Waals surface area contributed by atoms with Crippen molar-refractivity contribution in [2.75, 3.05) is 19.6 Å². The van der Waals surface area contributed by atoms with E-state index in [9.17, 15) is 9.59 Å². The zero-order valence-corrected chi connectivity index (χ0v) is 15.7. The molecular formula is C21H28NO4+. The highest BCUT2D eigenvalue weighted by Gasteiger charge is 2.20. The number of carboxylic acid groups (broad SMARTS) is 2. The van der Waals surface area contributed by atoms with Gasteiger partial charge in [-0.25, -0.2) is 9.59 Å². The van der Waals surface area contributed by atoms with Crippen LogP contribution in [0.25, 0.3) is 0 Å². The first kappa shape index (κ1) is 21.4. The van der Waals surface area contributed by atoms with Gasteiger partial charge in [-0.15, -0.1) is 0 Å². The number of hydrogen-bond acceptors (Lipinski definition) is 2. The number of benzene rings is 2. The molecule has 2 rings (SSSR count). The summed E-state index contributed by atoms with van der Waals surface area (Å²) in [6.45, 7) is 11.7. The maximum atomic E-state index is 10.4. The van der Waals surface area contributed by atoms with E-state index >= 15 is 0 Å². The van der Waals surface area contributed by atoms with Crippen LogP contribution in [0.3, 0.4) is 0 Å². The van der Waals surface area contributed by atoms with Gasteiger partial charge in [-0.05, 0) is 39.0 Å². The van der Waals surface area contributed by atoms with Gasteiger partial charge in [-0.3, -0.25) is 0 Å². The van der Waals surface area contributed by atoms with E-state index in [4.69, 9.17) is 10.2 Å². The van der Waals surface area contributed by atoms with Gasteiger partial charge < -0.3 is 14.7 Å². The summed E-state index contributed by atoms with van der Waals surface area (Å²) in [5.74, 6) is -2.25. The topological polar surface area (TPSA) is 74.6 Å². The van der Waals surface area contributed by atoms with Crippen LogP contribution in [0.15, 0.2) is 54.6 Å². The molecule has 26 heavy (non-hydrogen) atoms. The molecule has 0 unspecified atom stereocenters. The Morgan fingerprint density at radius 3 is 1.62 bits per heavy atom. The molecule has 0 saturated carbocycles. The summed E-state index contributed by atoms with van der Waals surface area (Å²) in [7, 11) is 0. The van der Waals surface area contributed by atoms with Crippen molar-refractivity contribution in [2.24, 2.45) is 0 Å². The molecule has 0 saturated heterocycles. The van der Waals surface area contributed by atoms with Crippen molar-refractivity contribution in [2.45, 2.75) is 27.3 Å². The number of aromatic carboxylic acids is 2. The van der Waals surface area contributed by atoms with E-state index in [0.29, 0.717) is 0 Å². The Bertz CT molecular complexity index is 671. The fourth-order valence-electron chi connectivity index (χ4n) is 2.76. The molecule has 0 aromatic heterocycles. The van der Waals surface area contributed by atoms with Crippen molar-refractivity contribution in [3.05, 3.63) is 71.3 Å². The lowest BCUT2D eigenvalue weighted by atomic mass is 10.1. The van der Waals surface area contributed by atoms with Gasteiger partial charge in [-0.1, -0.05) is 36.4 Å². The fraction of sp³-hybridized carbons (Fsp3) is 0.333. The lowest BCUT2D eigenvalue weighted by Gasteiger charge is -2.35. The molecule has 0 atom stereocenters. The maximum Gasteiger partial charge on any atom is 0.335 e. The first-order chi connectivity index (χ1) is 12.4. The van der Waals surface area contributed by atoms with E-state index in [-0.39, 0.29) is 11.1 Å². The van der Waals surface area contributed by atoms with Crippen LogP contribution in [0.5, 0.6) is 0 Å². The Labute approximate surface area is 155 Å². The zero-order chi connectivity index (χ0) is 19.6. The van der Waals surface area contributed by atoms with Gasteiger partial charge in [0.15, 0.2) is 0 Å². The summed E-state index contributed by atoms with van der Waals surface area (Å²) in [5, 5.41) is 17.0.